The van der Waals surface area contributed by atoms with Gasteiger partial charge in [0, 0.05) is 41.3 Å². The number of ether oxygens (including phenoxy) is 1. The third-order valence-electron chi connectivity index (χ3n) is 5.73. The number of para-hydroxylation sites is 1. The molecule has 5 heteroatoms. The van der Waals surface area contributed by atoms with Crippen LogP contribution in [0.4, 0.5) is 5.69 Å². The van der Waals surface area contributed by atoms with E-state index in [4.69, 9.17) is 15.5 Å². The predicted octanol–water partition coefficient (Wildman–Crippen LogP) is 2.99. The van der Waals surface area contributed by atoms with Crippen molar-refractivity contribution < 1.29 is 4.74 Å². The summed E-state index contributed by atoms with van der Waals surface area (Å²) < 4.78 is 5.33. The van der Waals surface area contributed by atoms with Gasteiger partial charge in [0.25, 0.3) is 0 Å². The zero-order chi connectivity index (χ0) is 17.7. The molecular formula is C21H22N4O. The number of benzene rings is 2. The van der Waals surface area contributed by atoms with Crippen LogP contribution < -0.4 is 15.8 Å². The number of nitrogen functional groups attached to an aromatic ring is 1. The van der Waals surface area contributed by atoms with Gasteiger partial charge in [0.05, 0.1) is 24.1 Å². The first-order chi connectivity index (χ1) is 12.7. The van der Waals surface area contributed by atoms with Crippen LogP contribution in [-0.4, -0.2) is 30.9 Å². The first-order valence-corrected chi connectivity index (χ1v) is 9.07. The number of methoxy groups -OCH3 is 1. The number of anilines is 1. The van der Waals surface area contributed by atoms with E-state index in [2.05, 4.69) is 40.6 Å². The van der Waals surface area contributed by atoms with Crippen LogP contribution in [0.3, 0.4) is 0 Å². The smallest absolute Gasteiger partial charge is 0.120 e. The largest absolute Gasteiger partial charge is 0.497 e. The molecule has 2 aliphatic rings. The lowest BCUT2D eigenvalue weighted by Gasteiger charge is -2.32. The molecule has 1 aromatic heterocycles. The van der Waals surface area contributed by atoms with Crippen LogP contribution in [0.25, 0.3) is 10.9 Å². The zero-order valence-electron chi connectivity index (χ0n) is 14.8. The Kier molecular flexibility index (Phi) is 3.34. The summed E-state index contributed by atoms with van der Waals surface area (Å²) in [6, 6.07) is 14.5. The molecule has 2 aromatic carbocycles. The Morgan fingerprint density at radius 1 is 1.19 bits per heavy atom. The second-order valence-corrected chi connectivity index (χ2v) is 7.04. The quantitative estimate of drug-likeness (QED) is 0.625. The standard InChI is InChI=1S/C21H22N4O/c1-26-13-6-7-16(17(22)12-13)21-9-11-23-20(21)19-15(8-10-24-21)14-4-2-3-5-18(14)25-19/h2-7,12,24-25H,8-11,22H2,1H3/t21-/m0/s1. The van der Waals surface area contributed by atoms with Crippen molar-refractivity contribution in [3.05, 3.63) is 59.3 Å². The maximum atomic E-state index is 6.44. The number of H-pyrrole nitrogens is 1. The van der Waals surface area contributed by atoms with E-state index in [1.54, 1.807) is 7.11 Å². The van der Waals surface area contributed by atoms with Crippen LogP contribution in [0.1, 0.15) is 23.2 Å². The fourth-order valence-corrected chi connectivity index (χ4v) is 4.53. The van der Waals surface area contributed by atoms with Crippen molar-refractivity contribution in [2.24, 2.45) is 4.99 Å². The average molecular weight is 346 g/mol. The molecule has 1 atom stereocenters. The van der Waals surface area contributed by atoms with Crippen LogP contribution >= 0.6 is 0 Å². The Bertz CT molecular complexity index is 1040. The van der Waals surface area contributed by atoms with Gasteiger partial charge in [-0.05, 0) is 30.5 Å². The highest BCUT2D eigenvalue weighted by Crippen LogP contribution is 2.41. The number of aromatic amines is 1. The molecule has 5 nitrogen and oxygen atoms in total. The molecule has 4 N–H and O–H groups in total. The highest BCUT2D eigenvalue weighted by Gasteiger charge is 2.45. The summed E-state index contributed by atoms with van der Waals surface area (Å²) in [5.41, 5.74) is 12.7. The van der Waals surface area contributed by atoms with Gasteiger partial charge in [-0.25, -0.2) is 0 Å². The van der Waals surface area contributed by atoms with Gasteiger partial charge in [-0.1, -0.05) is 24.3 Å². The summed E-state index contributed by atoms with van der Waals surface area (Å²) in [5, 5.41) is 5.07. The van der Waals surface area contributed by atoms with E-state index in [0.717, 1.165) is 54.3 Å². The van der Waals surface area contributed by atoms with Gasteiger partial charge in [-0.2, -0.15) is 0 Å². The zero-order valence-corrected chi connectivity index (χ0v) is 14.8. The van der Waals surface area contributed by atoms with E-state index in [1.807, 2.05) is 12.1 Å². The van der Waals surface area contributed by atoms with Crippen molar-refractivity contribution in [1.29, 1.82) is 0 Å². The third-order valence-corrected chi connectivity index (χ3v) is 5.73. The maximum absolute atomic E-state index is 6.44. The minimum atomic E-state index is -0.345. The highest BCUT2D eigenvalue weighted by molar-refractivity contribution is 6.12. The van der Waals surface area contributed by atoms with Crippen LogP contribution in [0.15, 0.2) is 47.5 Å². The first kappa shape index (κ1) is 15.5. The van der Waals surface area contributed by atoms with Gasteiger partial charge in [-0.3, -0.25) is 4.99 Å². The van der Waals surface area contributed by atoms with Gasteiger partial charge in [-0.15, -0.1) is 0 Å². The summed E-state index contributed by atoms with van der Waals surface area (Å²) in [6.07, 6.45) is 1.88. The van der Waals surface area contributed by atoms with Crippen molar-refractivity contribution >= 4 is 22.3 Å². The molecule has 3 aromatic rings. The lowest BCUT2D eigenvalue weighted by Crippen LogP contribution is -2.47. The van der Waals surface area contributed by atoms with E-state index < -0.39 is 0 Å². The number of nitrogens with two attached hydrogens (primary N) is 1. The molecule has 0 amide bonds. The summed E-state index contributed by atoms with van der Waals surface area (Å²) >= 11 is 0. The molecule has 0 spiro atoms. The number of nitrogens with zero attached hydrogens (tertiary/aromatic N) is 1. The Morgan fingerprint density at radius 3 is 2.92 bits per heavy atom. The lowest BCUT2D eigenvalue weighted by molar-refractivity contribution is 0.413. The molecule has 5 rings (SSSR count). The Morgan fingerprint density at radius 2 is 2.08 bits per heavy atom. The molecule has 2 aliphatic heterocycles. The minimum absolute atomic E-state index is 0.345. The Labute approximate surface area is 152 Å². The lowest BCUT2D eigenvalue weighted by atomic mass is 9.81. The number of aliphatic imine (C=N–C) groups is 1. The average Bonchev–Trinajstić information content (AvgIpc) is 3.20. The minimum Gasteiger partial charge on any atom is -0.497 e. The molecule has 3 heterocycles. The van der Waals surface area contributed by atoms with E-state index in [9.17, 15) is 0 Å². The molecular weight excluding hydrogens is 324 g/mol. The van der Waals surface area contributed by atoms with Crippen molar-refractivity contribution in [3.8, 4) is 5.75 Å². The molecule has 0 fully saturated rings. The first-order valence-electron chi connectivity index (χ1n) is 9.07. The van der Waals surface area contributed by atoms with E-state index in [1.165, 1.54) is 16.5 Å². The van der Waals surface area contributed by atoms with Gasteiger partial charge in [0.15, 0.2) is 0 Å². The number of nitrogens with one attached hydrogen (secondary N) is 2. The van der Waals surface area contributed by atoms with Crippen LogP contribution in [0.5, 0.6) is 5.75 Å². The fourth-order valence-electron chi connectivity index (χ4n) is 4.53. The molecule has 0 bridgehead atoms. The van der Waals surface area contributed by atoms with Gasteiger partial charge in [0.2, 0.25) is 0 Å². The van der Waals surface area contributed by atoms with Crippen molar-refractivity contribution in [1.82, 2.24) is 10.3 Å². The van der Waals surface area contributed by atoms with Crippen molar-refractivity contribution in [2.45, 2.75) is 18.4 Å². The molecule has 132 valence electrons. The number of rotatable bonds is 2. The monoisotopic (exact) mass is 346 g/mol. The second kappa shape index (κ2) is 5.61. The van der Waals surface area contributed by atoms with Crippen molar-refractivity contribution in [3.63, 3.8) is 0 Å². The predicted molar refractivity (Wildman–Crippen MR) is 105 cm³/mol. The number of hydrogen-bond acceptors (Lipinski definition) is 4. The number of aromatic nitrogens is 1. The van der Waals surface area contributed by atoms with Crippen LogP contribution in [-0.2, 0) is 12.0 Å². The summed E-state index contributed by atoms with van der Waals surface area (Å²) in [6.45, 7) is 1.68. The van der Waals surface area contributed by atoms with Gasteiger partial charge < -0.3 is 20.8 Å². The summed E-state index contributed by atoms with van der Waals surface area (Å²) in [7, 11) is 1.66. The SMILES string of the molecule is COc1ccc([C@@]23CCN=C2c2[nH]c4ccccc4c2CCN3)c(N)c1. The summed E-state index contributed by atoms with van der Waals surface area (Å²) in [5.74, 6) is 0.777. The normalized spacial score (nSPS) is 21.8. The number of fused-ring (bicyclic) bond motifs is 5. The van der Waals surface area contributed by atoms with E-state index >= 15 is 0 Å². The molecule has 26 heavy (non-hydrogen) atoms. The molecule has 0 saturated carbocycles. The van der Waals surface area contributed by atoms with E-state index in [0.29, 0.717) is 0 Å². The second-order valence-electron chi connectivity index (χ2n) is 7.04. The third kappa shape index (κ3) is 2.04. The van der Waals surface area contributed by atoms with Crippen LogP contribution in [0.2, 0.25) is 0 Å². The van der Waals surface area contributed by atoms with E-state index in [-0.39, 0.29) is 5.54 Å². The topological polar surface area (TPSA) is 75.4 Å². The van der Waals surface area contributed by atoms with Gasteiger partial charge >= 0.3 is 0 Å². The van der Waals surface area contributed by atoms with Crippen molar-refractivity contribution in [2.75, 3.05) is 25.9 Å². The molecule has 0 saturated heterocycles. The summed E-state index contributed by atoms with van der Waals surface area (Å²) in [4.78, 5) is 8.55. The maximum Gasteiger partial charge on any atom is 0.120 e. The van der Waals surface area contributed by atoms with Gasteiger partial charge in [0.1, 0.15) is 5.75 Å². The Balaban J connectivity index is 1.72. The van der Waals surface area contributed by atoms with Crippen LogP contribution in [0, 0.1) is 0 Å². The molecule has 0 radical (unpaired) electrons. The number of hydrogen-bond donors (Lipinski definition) is 3. The fraction of sp³-hybridized carbons (Fsp3) is 0.286. The Hall–Kier alpha value is -2.79. The highest BCUT2D eigenvalue weighted by atomic mass is 16.5. The molecule has 0 aliphatic carbocycles. The molecule has 0 unspecified atom stereocenters.